The summed E-state index contributed by atoms with van der Waals surface area (Å²) in [5.74, 6) is 0.208. The van der Waals surface area contributed by atoms with Gasteiger partial charge >= 0.3 is 0 Å². The van der Waals surface area contributed by atoms with Crippen molar-refractivity contribution in [3.63, 3.8) is 0 Å². The lowest BCUT2D eigenvalue weighted by Gasteiger charge is -2.14. The van der Waals surface area contributed by atoms with Crippen molar-refractivity contribution in [3.8, 4) is 22.1 Å². The Bertz CT molecular complexity index is 1180. The van der Waals surface area contributed by atoms with Crippen LogP contribution in [0.5, 0.6) is 11.5 Å². The van der Waals surface area contributed by atoms with Crippen LogP contribution >= 0.6 is 11.3 Å². The molecule has 8 heteroatoms. The Morgan fingerprint density at radius 1 is 1.07 bits per heavy atom. The van der Waals surface area contributed by atoms with Crippen molar-refractivity contribution in [2.24, 2.45) is 0 Å². The van der Waals surface area contributed by atoms with Crippen molar-refractivity contribution in [1.29, 1.82) is 0 Å². The smallest absolute Gasteiger partial charge is 0.167 e. The zero-order valence-corrected chi connectivity index (χ0v) is 17.2. The molecule has 0 aliphatic carbocycles. The highest BCUT2D eigenvalue weighted by atomic mass is 32.1. The number of aromatic nitrogens is 3. The number of halogens is 1. The molecular weight excluding hydrogens is 401 g/mol. The van der Waals surface area contributed by atoms with Crippen LogP contribution in [0, 0.1) is 5.82 Å². The molecule has 0 bridgehead atoms. The predicted molar refractivity (Wildman–Crippen MR) is 117 cm³/mol. The van der Waals surface area contributed by atoms with Gasteiger partial charge in [0.05, 0.1) is 27.1 Å². The van der Waals surface area contributed by atoms with Crippen molar-refractivity contribution >= 4 is 27.2 Å². The molecule has 4 heterocycles. The number of likely N-dealkylation sites (tertiary alicyclic amines) is 1. The Balaban J connectivity index is 1.38. The van der Waals surface area contributed by atoms with E-state index < -0.39 is 5.82 Å². The normalized spacial score (nSPS) is 14.6. The van der Waals surface area contributed by atoms with Crippen LogP contribution in [0.15, 0.2) is 49.1 Å². The fourth-order valence-electron chi connectivity index (χ4n) is 3.71. The molecule has 5 rings (SSSR count). The number of rotatable bonds is 6. The highest BCUT2D eigenvalue weighted by Gasteiger charge is 2.15. The molecule has 0 spiro atoms. The summed E-state index contributed by atoms with van der Waals surface area (Å²) < 4.78 is 23.0. The zero-order chi connectivity index (χ0) is 20.5. The number of hydrogen-bond acceptors (Lipinski definition) is 6. The summed E-state index contributed by atoms with van der Waals surface area (Å²) in [6.45, 7) is 4.37. The van der Waals surface area contributed by atoms with E-state index in [1.165, 1.54) is 38.1 Å². The van der Waals surface area contributed by atoms with Crippen molar-refractivity contribution in [2.45, 2.75) is 19.4 Å². The van der Waals surface area contributed by atoms with E-state index in [1.807, 2.05) is 12.4 Å². The zero-order valence-electron chi connectivity index (χ0n) is 16.4. The second-order valence-electron chi connectivity index (χ2n) is 7.47. The fraction of sp³-hybridized carbons (Fsp3) is 0.273. The quantitative estimate of drug-likeness (QED) is 0.453. The van der Waals surface area contributed by atoms with Gasteiger partial charge in [0, 0.05) is 43.3 Å². The number of thiophene rings is 1. The number of ether oxygens (including phenoxy) is 1. The molecule has 0 atom stereocenters. The fourth-order valence-corrected chi connectivity index (χ4v) is 4.74. The van der Waals surface area contributed by atoms with E-state index in [9.17, 15) is 4.39 Å². The van der Waals surface area contributed by atoms with Crippen LogP contribution in [0.25, 0.3) is 20.8 Å². The van der Waals surface area contributed by atoms with Crippen LogP contribution in [0.1, 0.15) is 12.8 Å². The van der Waals surface area contributed by atoms with Crippen molar-refractivity contribution < 1.29 is 9.13 Å². The maximum Gasteiger partial charge on any atom is 0.167 e. The molecule has 3 aromatic heterocycles. The molecule has 1 saturated heterocycles. The lowest BCUT2D eigenvalue weighted by atomic mass is 10.3. The third-order valence-electron chi connectivity index (χ3n) is 5.31. The molecule has 0 amide bonds. The summed E-state index contributed by atoms with van der Waals surface area (Å²) in [6, 6.07) is 8.15. The first-order valence-electron chi connectivity index (χ1n) is 10.0. The van der Waals surface area contributed by atoms with Gasteiger partial charge in [-0.3, -0.25) is 4.98 Å². The van der Waals surface area contributed by atoms with Gasteiger partial charge in [0.15, 0.2) is 11.6 Å². The molecule has 1 aliphatic heterocycles. The third kappa shape index (κ3) is 3.88. The number of fused-ring (bicyclic) bond motifs is 1. The minimum Gasteiger partial charge on any atom is -0.453 e. The lowest BCUT2D eigenvalue weighted by Crippen LogP contribution is -2.23. The summed E-state index contributed by atoms with van der Waals surface area (Å²) in [5.41, 5.74) is 7.69. The molecule has 1 fully saturated rings. The van der Waals surface area contributed by atoms with E-state index in [4.69, 9.17) is 10.5 Å². The molecule has 0 unspecified atom stereocenters. The summed E-state index contributed by atoms with van der Waals surface area (Å²) in [7, 11) is 0. The Labute approximate surface area is 177 Å². The van der Waals surface area contributed by atoms with Gasteiger partial charge < -0.3 is 19.9 Å². The topological polar surface area (TPSA) is 69.2 Å². The molecule has 1 aliphatic rings. The third-order valence-corrected chi connectivity index (χ3v) is 6.47. The Hall–Kier alpha value is -2.97. The van der Waals surface area contributed by atoms with Crippen molar-refractivity contribution in [3.05, 3.63) is 54.9 Å². The van der Waals surface area contributed by atoms with Crippen LogP contribution in [0.4, 0.5) is 10.1 Å². The van der Waals surface area contributed by atoms with Crippen LogP contribution in [-0.4, -0.2) is 39.1 Å². The average Bonchev–Trinajstić information content (AvgIpc) is 3.49. The van der Waals surface area contributed by atoms with Crippen LogP contribution in [0.3, 0.4) is 0 Å². The van der Waals surface area contributed by atoms with Gasteiger partial charge in [-0.2, -0.15) is 0 Å². The minimum atomic E-state index is -0.492. The number of benzene rings is 1. The van der Waals surface area contributed by atoms with Gasteiger partial charge in [-0.05, 0) is 44.1 Å². The number of nitrogens with zero attached hydrogens (tertiary/aromatic N) is 4. The van der Waals surface area contributed by atoms with E-state index in [-0.39, 0.29) is 5.75 Å². The van der Waals surface area contributed by atoms with Gasteiger partial charge in [0.1, 0.15) is 5.75 Å². The molecule has 4 aromatic rings. The van der Waals surface area contributed by atoms with E-state index in [1.54, 1.807) is 29.7 Å². The molecule has 154 valence electrons. The molecule has 1 aromatic carbocycles. The largest absolute Gasteiger partial charge is 0.453 e. The molecule has 30 heavy (non-hydrogen) atoms. The number of pyridine rings is 1. The van der Waals surface area contributed by atoms with E-state index in [0.29, 0.717) is 11.4 Å². The summed E-state index contributed by atoms with van der Waals surface area (Å²) in [5, 5.41) is 0. The highest BCUT2D eigenvalue weighted by molar-refractivity contribution is 7.22. The molecular formula is C22H22FN5OS. The summed E-state index contributed by atoms with van der Waals surface area (Å²) >= 11 is 1.54. The van der Waals surface area contributed by atoms with Gasteiger partial charge in [-0.25, -0.2) is 9.37 Å². The first-order valence-corrected chi connectivity index (χ1v) is 10.8. The number of imidazole rings is 1. The first kappa shape index (κ1) is 19.0. The summed E-state index contributed by atoms with van der Waals surface area (Å²) in [4.78, 5) is 12.5. The van der Waals surface area contributed by atoms with Crippen molar-refractivity contribution in [1.82, 2.24) is 19.4 Å². The number of nitrogen functional groups attached to an aromatic ring is 1. The average molecular weight is 424 g/mol. The van der Waals surface area contributed by atoms with Crippen LogP contribution < -0.4 is 10.5 Å². The Morgan fingerprint density at radius 2 is 1.93 bits per heavy atom. The summed E-state index contributed by atoms with van der Waals surface area (Å²) in [6.07, 6.45) is 8.21. The maximum atomic E-state index is 14.2. The maximum absolute atomic E-state index is 14.2. The molecule has 2 N–H and O–H groups in total. The SMILES string of the molecule is Nc1ccc(Oc2ccnc3cc(-c4cn(CCN5CCCC5)cn4)sc23)c(F)c1. The molecule has 6 nitrogen and oxygen atoms in total. The van der Waals surface area contributed by atoms with Gasteiger partial charge in [-0.1, -0.05) is 0 Å². The van der Waals surface area contributed by atoms with E-state index >= 15 is 0 Å². The van der Waals surface area contributed by atoms with Crippen LogP contribution in [0.2, 0.25) is 0 Å². The van der Waals surface area contributed by atoms with Gasteiger partial charge in [0.25, 0.3) is 0 Å². The second kappa shape index (κ2) is 8.04. The second-order valence-corrected chi connectivity index (χ2v) is 8.52. The van der Waals surface area contributed by atoms with E-state index in [0.717, 1.165) is 33.9 Å². The standard InChI is InChI=1S/C22H22FN5OS/c23-16-11-15(24)3-4-19(16)29-20-5-6-25-17-12-21(30-22(17)20)18-13-28(14-26-18)10-9-27-7-1-2-8-27/h3-6,11-14H,1-2,7-10,24H2. The minimum absolute atomic E-state index is 0.137. The predicted octanol–water partition coefficient (Wildman–Crippen LogP) is 4.77. The van der Waals surface area contributed by atoms with Gasteiger partial charge in [-0.15, -0.1) is 11.3 Å². The molecule has 0 saturated carbocycles. The van der Waals surface area contributed by atoms with Crippen LogP contribution in [-0.2, 0) is 6.54 Å². The monoisotopic (exact) mass is 423 g/mol. The highest BCUT2D eigenvalue weighted by Crippen LogP contribution is 2.39. The molecule has 0 radical (unpaired) electrons. The Kier molecular flexibility index (Phi) is 5.10. The number of nitrogens with two attached hydrogens (primary N) is 1. The first-order chi connectivity index (χ1) is 14.7. The number of anilines is 1. The van der Waals surface area contributed by atoms with Gasteiger partial charge in [0.2, 0.25) is 0 Å². The number of hydrogen-bond donors (Lipinski definition) is 1. The van der Waals surface area contributed by atoms with Crippen molar-refractivity contribution in [2.75, 3.05) is 25.4 Å². The Morgan fingerprint density at radius 3 is 2.77 bits per heavy atom. The lowest BCUT2D eigenvalue weighted by molar-refractivity contribution is 0.322. The van der Waals surface area contributed by atoms with E-state index in [2.05, 4.69) is 25.6 Å².